The van der Waals surface area contributed by atoms with Crippen LogP contribution in [0.3, 0.4) is 0 Å². The highest BCUT2D eigenvalue weighted by Gasteiger charge is 2.00. The summed E-state index contributed by atoms with van der Waals surface area (Å²) in [6.07, 6.45) is 3.51. The summed E-state index contributed by atoms with van der Waals surface area (Å²) in [5, 5.41) is 11.0. The molecule has 0 unspecified atom stereocenters. The minimum Gasteiger partial charge on any atom is -0.398 e. The maximum Gasteiger partial charge on any atom is 0.0692 e. The van der Waals surface area contributed by atoms with E-state index in [0.29, 0.717) is 0 Å². The maximum absolute atomic E-state index is 5.82. The van der Waals surface area contributed by atoms with E-state index in [2.05, 4.69) is 15.6 Å². The second kappa shape index (κ2) is 4.65. The Balaban J connectivity index is 1.92. The van der Waals surface area contributed by atoms with Gasteiger partial charge in [0.25, 0.3) is 0 Å². The quantitative estimate of drug-likeness (QED) is 0.757. The van der Waals surface area contributed by atoms with Crippen molar-refractivity contribution in [3.05, 3.63) is 36.2 Å². The molecule has 0 aliphatic rings. The highest BCUT2D eigenvalue weighted by Crippen LogP contribution is 2.19. The SMILES string of the molecule is Cc1c(N)cccc1NCCn1ccnn1. The smallest absolute Gasteiger partial charge is 0.0692 e. The maximum atomic E-state index is 5.82. The Bertz CT molecular complexity index is 449. The van der Waals surface area contributed by atoms with Gasteiger partial charge >= 0.3 is 0 Å². The number of anilines is 2. The summed E-state index contributed by atoms with van der Waals surface area (Å²) in [7, 11) is 0. The predicted octanol–water partition coefficient (Wildman–Crippen LogP) is 1.28. The first-order valence-corrected chi connectivity index (χ1v) is 5.20. The molecule has 0 amide bonds. The Kier molecular flexibility index (Phi) is 3.05. The number of hydrogen-bond acceptors (Lipinski definition) is 4. The molecule has 2 rings (SSSR count). The first-order chi connectivity index (χ1) is 7.77. The van der Waals surface area contributed by atoms with Gasteiger partial charge in [-0.2, -0.15) is 0 Å². The zero-order valence-electron chi connectivity index (χ0n) is 9.22. The van der Waals surface area contributed by atoms with Crippen LogP contribution in [-0.2, 0) is 6.54 Å². The van der Waals surface area contributed by atoms with Crippen LogP contribution in [0.15, 0.2) is 30.6 Å². The van der Waals surface area contributed by atoms with Crippen LogP contribution >= 0.6 is 0 Å². The van der Waals surface area contributed by atoms with E-state index in [1.165, 1.54) is 0 Å². The molecule has 0 fully saturated rings. The molecule has 0 bridgehead atoms. The number of hydrogen-bond donors (Lipinski definition) is 2. The molecule has 84 valence electrons. The van der Waals surface area contributed by atoms with Gasteiger partial charge in [0.05, 0.1) is 12.7 Å². The van der Waals surface area contributed by atoms with E-state index < -0.39 is 0 Å². The fourth-order valence-electron chi connectivity index (χ4n) is 1.50. The number of nitrogens with zero attached hydrogens (tertiary/aromatic N) is 3. The lowest BCUT2D eigenvalue weighted by molar-refractivity contribution is 0.609. The molecule has 0 radical (unpaired) electrons. The number of aromatic nitrogens is 3. The fourth-order valence-corrected chi connectivity index (χ4v) is 1.50. The number of nitrogens with two attached hydrogens (primary N) is 1. The Morgan fingerprint density at radius 2 is 2.31 bits per heavy atom. The van der Waals surface area contributed by atoms with Gasteiger partial charge in [0.2, 0.25) is 0 Å². The van der Waals surface area contributed by atoms with Gasteiger partial charge < -0.3 is 11.1 Å². The highest BCUT2D eigenvalue weighted by molar-refractivity contribution is 5.62. The minimum atomic E-state index is 0.786. The van der Waals surface area contributed by atoms with Gasteiger partial charge in [0.15, 0.2) is 0 Å². The number of benzene rings is 1. The molecule has 0 atom stereocenters. The zero-order valence-corrected chi connectivity index (χ0v) is 9.22. The normalized spacial score (nSPS) is 10.3. The lowest BCUT2D eigenvalue weighted by Gasteiger charge is -2.10. The van der Waals surface area contributed by atoms with Gasteiger partial charge in [0, 0.05) is 24.1 Å². The van der Waals surface area contributed by atoms with Gasteiger partial charge in [-0.25, -0.2) is 0 Å². The summed E-state index contributed by atoms with van der Waals surface area (Å²) in [6, 6.07) is 5.87. The van der Waals surface area contributed by atoms with Gasteiger partial charge in [-0.3, -0.25) is 4.68 Å². The van der Waals surface area contributed by atoms with E-state index in [4.69, 9.17) is 5.73 Å². The van der Waals surface area contributed by atoms with Crippen LogP contribution in [0.25, 0.3) is 0 Å². The van der Waals surface area contributed by atoms with E-state index in [0.717, 1.165) is 30.0 Å². The Labute approximate surface area is 94.3 Å². The number of nitrogen functional groups attached to an aromatic ring is 1. The summed E-state index contributed by atoms with van der Waals surface area (Å²) in [5.41, 5.74) is 8.78. The number of rotatable bonds is 4. The van der Waals surface area contributed by atoms with E-state index in [1.807, 2.05) is 31.3 Å². The van der Waals surface area contributed by atoms with Crippen LogP contribution < -0.4 is 11.1 Å². The van der Waals surface area contributed by atoms with Crippen molar-refractivity contribution in [2.45, 2.75) is 13.5 Å². The first kappa shape index (κ1) is 10.5. The number of nitrogens with one attached hydrogen (secondary N) is 1. The van der Waals surface area contributed by atoms with Crippen molar-refractivity contribution in [1.29, 1.82) is 0 Å². The summed E-state index contributed by atoms with van der Waals surface area (Å²) < 4.78 is 1.79. The lowest BCUT2D eigenvalue weighted by Crippen LogP contribution is -2.12. The van der Waals surface area contributed by atoms with Crippen molar-refractivity contribution >= 4 is 11.4 Å². The summed E-state index contributed by atoms with van der Waals surface area (Å²) in [5.74, 6) is 0. The monoisotopic (exact) mass is 217 g/mol. The van der Waals surface area contributed by atoms with E-state index in [1.54, 1.807) is 10.9 Å². The zero-order chi connectivity index (χ0) is 11.4. The highest BCUT2D eigenvalue weighted by atomic mass is 15.4. The second-order valence-corrected chi connectivity index (χ2v) is 3.61. The van der Waals surface area contributed by atoms with Gasteiger partial charge in [-0.15, -0.1) is 5.10 Å². The van der Waals surface area contributed by atoms with Gasteiger partial charge in [-0.1, -0.05) is 11.3 Å². The van der Waals surface area contributed by atoms with Crippen molar-refractivity contribution in [3.8, 4) is 0 Å². The fraction of sp³-hybridized carbons (Fsp3) is 0.273. The summed E-state index contributed by atoms with van der Waals surface area (Å²) >= 11 is 0. The molecule has 0 spiro atoms. The largest absolute Gasteiger partial charge is 0.398 e. The predicted molar refractivity (Wildman–Crippen MR) is 64.1 cm³/mol. The minimum absolute atomic E-state index is 0.786. The second-order valence-electron chi connectivity index (χ2n) is 3.61. The summed E-state index contributed by atoms with van der Waals surface area (Å²) in [4.78, 5) is 0. The molecule has 0 saturated heterocycles. The van der Waals surface area contributed by atoms with Crippen LogP contribution in [0.1, 0.15) is 5.56 Å². The molecule has 1 aromatic heterocycles. The molecule has 3 N–H and O–H groups in total. The topological polar surface area (TPSA) is 68.8 Å². The molecule has 0 saturated carbocycles. The van der Waals surface area contributed by atoms with Crippen LogP contribution in [0.2, 0.25) is 0 Å². The van der Waals surface area contributed by atoms with Crippen LogP contribution in [0, 0.1) is 6.92 Å². The Morgan fingerprint density at radius 3 is 3.06 bits per heavy atom. The van der Waals surface area contributed by atoms with Crippen molar-refractivity contribution < 1.29 is 0 Å². The first-order valence-electron chi connectivity index (χ1n) is 5.20. The van der Waals surface area contributed by atoms with Crippen molar-refractivity contribution in [3.63, 3.8) is 0 Å². The lowest BCUT2D eigenvalue weighted by atomic mass is 10.1. The van der Waals surface area contributed by atoms with E-state index in [9.17, 15) is 0 Å². The Morgan fingerprint density at radius 1 is 1.44 bits per heavy atom. The molecule has 5 nitrogen and oxygen atoms in total. The molecule has 2 aromatic rings. The van der Waals surface area contributed by atoms with Crippen molar-refractivity contribution in [2.24, 2.45) is 0 Å². The third-order valence-electron chi connectivity index (χ3n) is 2.50. The molecular formula is C11H15N5. The van der Waals surface area contributed by atoms with Crippen LogP contribution in [0.5, 0.6) is 0 Å². The average molecular weight is 217 g/mol. The van der Waals surface area contributed by atoms with E-state index in [-0.39, 0.29) is 0 Å². The molecule has 0 aliphatic heterocycles. The Hall–Kier alpha value is -2.04. The standard InChI is InChI=1S/C11H15N5/c1-9-10(12)3-2-4-11(9)13-5-7-16-8-6-14-15-16/h2-4,6,8,13H,5,7,12H2,1H3. The van der Waals surface area contributed by atoms with Crippen LogP contribution in [0.4, 0.5) is 11.4 Å². The van der Waals surface area contributed by atoms with Gasteiger partial charge in [-0.05, 0) is 24.6 Å². The molecule has 1 heterocycles. The molecule has 1 aromatic carbocycles. The molecule has 16 heavy (non-hydrogen) atoms. The molecule has 5 heteroatoms. The summed E-state index contributed by atoms with van der Waals surface area (Å²) in [6.45, 7) is 3.59. The van der Waals surface area contributed by atoms with E-state index >= 15 is 0 Å². The van der Waals surface area contributed by atoms with Crippen LogP contribution in [-0.4, -0.2) is 21.5 Å². The third-order valence-corrected chi connectivity index (χ3v) is 2.50. The van der Waals surface area contributed by atoms with Crippen molar-refractivity contribution in [2.75, 3.05) is 17.6 Å². The van der Waals surface area contributed by atoms with Crippen molar-refractivity contribution in [1.82, 2.24) is 15.0 Å². The third kappa shape index (κ3) is 2.31. The molecule has 0 aliphatic carbocycles. The average Bonchev–Trinajstić information content (AvgIpc) is 2.77. The molecular weight excluding hydrogens is 202 g/mol. The van der Waals surface area contributed by atoms with Gasteiger partial charge in [0.1, 0.15) is 0 Å².